The Labute approximate surface area is 125 Å². The van der Waals surface area contributed by atoms with E-state index in [1.807, 2.05) is 25.1 Å². The molecule has 0 bridgehead atoms. The van der Waals surface area contributed by atoms with E-state index in [-0.39, 0.29) is 0 Å². The van der Waals surface area contributed by atoms with Crippen molar-refractivity contribution < 1.29 is 4.74 Å². The third-order valence-electron chi connectivity index (χ3n) is 3.16. The van der Waals surface area contributed by atoms with Crippen molar-refractivity contribution in [3.63, 3.8) is 0 Å². The highest BCUT2D eigenvalue weighted by molar-refractivity contribution is 6.30. The van der Waals surface area contributed by atoms with Gasteiger partial charge >= 0.3 is 0 Å². The van der Waals surface area contributed by atoms with Crippen LogP contribution in [0, 0.1) is 0 Å². The summed E-state index contributed by atoms with van der Waals surface area (Å²) in [5.41, 5.74) is 3.52. The predicted octanol–water partition coefficient (Wildman–Crippen LogP) is 4.91. The molecule has 2 aromatic rings. The predicted molar refractivity (Wildman–Crippen MR) is 85.8 cm³/mol. The van der Waals surface area contributed by atoms with Gasteiger partial charge in [0.15, 0.2) is 0 Å². The largest absolute Gasteiger partial charge is 0.492 e. The minimum Gasteiger partial charge on any atom is -0.492 e. The molecule has 0 amide bonds. The van der Waals surface area contributed by atoms with E-state index in [0.29, 0.717) is 11.6 Å². The minimum absolute atomic E-state index is 0.640. The van der Waals surface area contributed by atoms with Gasteiger partial charge in [0.1, 0.15) is 5.75 Å². The van der Waals surface area contributed by atoms with Crippen molar-refractivity contribution in [3.8, 4) is 5.75 Å². The van der Waals surface area contributed by atoms with Crippen LogP contribution in [0.4, 0.5) is 5.69 Å². The van der Waals surface area contributed by atoms with Gasteiger partial charge in [-0.15, -0.1) is 0 Å². The van der Waals surface area contributed by atoms with E-state index in [9.17, 15) is 0 Å². The van der Waals surface area contributed by atoms with E-state index in [2.05, 4.69) is 36.5 Å². The normalized spacial score (nSPS) is 10.3. The molecule has 0 spiro atoms. The van der Waals surface area contributed by atoms with Crippen LogP contribution in [-0.4, -0.2) is 6.61 Å². The minimum atomic E-state index is 0.640. The van der Waals surface area contributed by atoms with Gasteiger partial charge in [-0.25, -0.2) is 0 Å². The summed E-state index contributed by atoms with van der Waals surface area (Å²) in [4.78, 5) is 0. The summed E-state index contributed by atoms with van der Waals surface area (Å²) in [7, 11) is 0. The fraction of sp³-hybridized carbons (Fsp3) is 0.294. The Morgan fingerprint density at radius 3 is 2.35 bits per heavy atom. The number of ether oxygens (including phenoxy) is 1. The van der Waals surface area contributed by atoms with Gasteiger partial charge in [0.2, 0.25) is 0 Å². The van der Waals surface area contributed by atoms with Crippen LogP contribution in [0.15, 0.2) is 42.5 Å². The number of aryl methyl sites for hydroxylation is 1. The molecule has 0 heterocycles. The van der Waals surface area contributed by atoms with Crippen molar-refractivity contribution in [3.05, 3.63) is 58.6 Å². The molecule has 2 nitrogen and oxygen atoms in total. The van der Waals surface area contributed by atoms with E-state index >= 15 is 0 Å². The second kappa shape index (κ2) is 7.20. The molecule has 3 heteroatoms. The third-order valence-corrected chi connectivity index (χ3v) is 3.39. The molecule has 1 N–H and O–H groups in total. The van der Waals surface area contributed by atoms with Gasteiger partial charge in [-0.1, -0.05) is 42.8 Å². The highest BCUT2D eigenvalue weighted by atomic mass is 35.5. The van der Waals surface area contributed by atoms with Crippen LogP contribution in [0.5, 0.6) is 5.75 Å². The van der Waals surface area contributed by atoms with Crippen molar-refractivity contribution >= 4 is 17.3 Å². The molecule has 2 rings (SSSR count). The number of nitrogens with one attached hydrogen (secondary N) is 1. The molecule has 0 aliphatic rings. The number of rotatable bonds is 6. The standard InChI is InChI=1S/C17H20ClNO/c1-3-13-5-7-14(8-6-13)12-19-16-11-15(18)9-10-17(16)20-4-2/h5-11,19H,3-4,12H2,1-2H3. The summed E-state index contributed by atoms with van der Waals surface area (Å²) in [5.74, 6) is 0.835. The summed E-state index contributed by atoms with van der Waals surface area (Å²) >= 11 is 6.04. The fourth-order valence-corrected chi connectivity index (χ4v) is 2.18. The van der Waals surface area contributed by atoms with Crippen LogP contribution < -0.4 is 10.1 Å². The first-order valence-corrected chi connectivity index (χ1v) is 7.34. The van der Waals surface area contributed by atoms with Crippen molar-refractivity contribution in [2.75, 3.05) is 11.9 Å². The number of hydrogen-bond acceptors (Lipinski definition) is 2. The second-order valence-electron chi connectivity index (χ2n) is 4.60. The van der Waals surface area contributed by atoms with E-state index < -0.39 is 0 Å². The number of halogens is 1. The molecule has 0 fully saturated rings. The van der Waals surface area contributed by atoms with Gasteiger partial charge in [0.25, 0.3) is 0 Å². The van der Waals surface area contributed by atoms with Crippen LogP contribution in [0.3, 0.4) is 0 Å². The van der Waals surface area contributed by atoms with Crippen molar-refractivity contribution in [1.29, 1.82) is 0 Å². The number of hydrogen-bond donors (Lipinski definition) is 1. The Morgan fingerprint density at radius 1 is 1.00 bits per heavy atom. The molecule has 0 radical (unpaired) electrons. The lowest BCUT2D eigenvalue weighted by Gasteiger charge is -2.13. The lowest BCUT2D eigenvalue weighted by Crippen LogP contribution is -2.03. The Kier molecular flexibility index (Phi) is 5.31. The molecule has 0 aliphatic carbocycles. The summed E-state index contributed by atoms with van der Waals surface area (Å²) < 4.78 is 5.60. The molecule has 0 aromatic heterocycles. The Hall–Kier alpha value is -1.67. The van der Waals surface area contributed by atoms with Crippen LogP contribution in [0.25, 0.3) is 0 Å². The van der Waals surface area contributed by atoms with Crippen LogP contribution in [0.1, 0.15) is 25.0 Å². The number of anilines is 1. The Bertz CT molecular complexity index is 551. The Balaban J connectivity index is 2.07. The van der Waals surface area contributed by atoms with E-state index in [1.165, 1.54) is 11.1 Å². The average molecular weight is 290 g/mol. The molecule has 0 aliphatic heterocycles. The van der Waals surface area contributed by atoms with Gasteiger partial charge in [0, 0.05) is 11.6 Å². The quantitative estimate of drug-likeness (QED) is 0.815. The first kappa shape index (κ1) is 14.7. The second-order valence-corrected chi connectivity index (χ2v) is 5.03. The molecule has 106 valence electrons. The van der Waals surface area contributed by atoms with Crippen molar-refractivity contribution in [2.24, 2.45) is 0 Å². The number of benzene rings is 2. The SMILES string of the molecule is CCOc1ccc(Cl)cc1NCc1ccc(CC)cc1. The maximum absolute atomic E-state index is 6.04. The van der Waals surface area contributed by atoms with E-state index in [4.69, 9.17) is 16.3 Å². The summed E-state index contributed by atoms with van der Waals surface area (Å²) in [6.45, 7) is 5.53. The molecule has 0 saturated heterocycles. The molecular weight excluding hydrogens is 270 g/mol. The fourth-order valence-electron chi connectivity index (χ4n) is 2.01. The topological polar surface area (TPSA) is 21.3 Å². The third kappa shape index (κ3) is 3.91. The molecular formula is C17H20ClNO. The molecule has 0 unspecified atom stereocenters. The molecule has 20 heavy (non-hydrogen) atoms. The zero-order chi connectivity index (χ0) is 14.4. The van der Waals surface area contributed by atoms with Crippen molar-refractivity contribution in [1.82, 2.24) is 0 Å². The zero-order valence-electron chi connectivity index (χ0n) is 11.9. The highest BCUT2D eigenvalue weighted by Gasteiger charge is 2.04. The van der Waals surface area contributed by atoms with Crippen LogP contribution >= 0.6 is 11.6 Å². The van der Waals surface area contributed by atoms with Crippen LogP contribution in [0.2, 0.25) is 5.02 Å². The first-order chi connectivity index (χ1) is 9.72. The van der Waals surface area contributed by atoms with Gasteiger partial charge in [-0.2, -0.15) is 0 Å². The van der Waals surface area contributed by atoms with Gasteiger partial charge in [-0.3, -0.25) is 0 Å². The molecule has 0 saturated carbocycles. The molecule has 2 aromatic carbocycles. The maximum atomic E-state index is 6.04. The average Bonchev–Trinajstić information content (AvgIpc) is 2.48. The lowest BCUT2D eigenvalue weighted by molar-refractivity contribution is 0.341. The van der Waals surface area contributed by atoms with Crippen LogP contribution in [-0.2, 0) is 13.0 Å². The first-order valence-electron chi connectivity index (χ1n) is 6.97. The monoisotopic (exact) mass is 289 g/mol. The summed E-state index contributed by atoms with van der Waals surface area (Å²) in [6.07, 6.45) is 1.07. The molecule has 0 atom stereocenters. The van der Waals surface area contributed by atoms with Crippen molar-refractivity contribution in [2.45, 2.75) is 26.8 Å². The van der Waals surface area contributed by atoms with E-state index in [1.54, 1.807) is 0 Å². The summed E-state index contributed by atoms with van der Waals surface area (Å²) in [5, 5.41) is 4.09. The van der Waals surface area contributed by atoms with E-state index in [0.717, 1.165) is 24.4 Å². The summed E-state index contributed by atoms with van der Waals surface area (Å²) in [6, 6.07) is 14.3. The van der Waals surface area contributed by atoms with Gasteiger partial charge in [-0.05, 0) is 42.7 Å². The van der Waals surface area contributed by atoms with Gasteiger partial charge < -0.3 is 10.1 Å². The smallest absolute Gasteiger partial charge is 0.142 e. The zero-order valence-corrected chi connectivity index (χ0v) is 12.7. The Morgan fingerprint density at radius 2 is 1.70 bits per heavy atom. The maximum Gasteiger partial charge on any atom is 0.142 e. The van der Waals surface area contributed by atoms with Gasteiger partial charge in [0.05, 0.1) is 12.3 Å². The highest BCUT2D eigenvalue weighted by Crippen LogP contribution is 2.28. The lowest BCUT2D eigenvalue weighted by atomic mass is 10.1.